The highest BCUT2D eigenvalue weighted by Gasteiger charge is 2.29. The van der Waals surface area contributed by atoms with Gasteiger partial charge in [-0.1, -0.05) is 0 Å². The fraction of sp³-hybridized carbons (Fsp3) is 0.900. The fourth-order valence-corrected chi connectivity index (χ4v) is 2.64. The first-order valence-corrected chi connectivity index (χ1v) is 7.57. The maximum absolute atomic E-state index is 11.8. The van der Waals surface area contributed by atoms with Crippen LogP contribution in [0, 0.1) is 5.92 Å². The summed E-state index contributed by atoms with van der Waals surface area (Å²) in [5.74, 6) is -0.387. The standard InChI is InChI=1S/C10H20N2O3S/c1-8-3-4-9(5-11)6-12(8)10(13)7-16(2,14)15/h8-9H,3-7,11H2,1-2H3. The van der Waals surface area contributed by atoms with Crippen molar-refractivity contribution in [3.05, 3.63) is 0 Å². The van der Waals surface area contributed by atoms with Crippen LogP contribution < -0.4 is 5.73 Å². The summed E-state index contributed by atoms with van der Waals surface area (Å²) in [7, 11) is -3.24. The molecule has 1 aliphatic rings. The lowest BCUT2D eigenvalue weighted by molar-refractivity contribution is -0.132. The van der Waals surface area contributed by atoms with Gasteiger partial charge in [-0.3, -0.25) is 4.79 Å². The van der Waals surface area contributed by atoms with Crippen molar-refractivity contribution in [3.8, 4) is 0 Å². The van der Waals surface area contributed by atoms with Gasteiger partial charge >= 0.3 is 0 Å². The van der Waals surface area contributed by atoms with Crippen LogP contribution in [-0.4, -0.2) is 50.4 Å². The van der Waals surface area contributed by atoms with Gasteiger partial charge in [-0.15, -0.1) is 0 Å². The highest BCUT2D eigenvalue weighted by atomic mass is 32.2. The van der Waals surface area contributed by atoms with E-state index >= 15 is 0 Å². The van der Waals surface area contributed by atoms with E-state index in [0.717, 1.165) is 19.1 Å². The topological polar surface area (TPSA) is 80.5 Å². The maximum Gasteiger partial charge on any atom is 0.238 e. The summed E-state index contributed by atoms with van der Waals surface area (Å²) in [4.78, 5) is 13.4. The number of sulfone groups is 1. The molecule has 94 valence electrons. The Balaban J connectivity index is 2.66. The van der Waals surface area contributed by atoms with Gasteiger partial charge in [0.15, 0.2) is 9.84 Å². The average molecular weight is 248 g/mol. The number of amides is 1. The van der Waals surface area contributed by atoms with E-state index in [1.807, 2.05) is 6.92 Å². The first kappa shape index (κ1) is 13.4. The Morgan fingerprint density at radius 1 is 1.44 bits per heavy atom. The fourth-order valence-electron chi connectivity index (χ4n) is 2.03. The van der Waals surface area contributed by atoms with Crippen molar-refractivity contribution in [1.29, 1.82) is 0 Å². The Morgan fingerprint density at radius 2 is 2.06 bits per heavy atom. The third-order valence-electron chi connectivity index (χ3n) is 3.02. The van der Waals surface area contributed by atoms with Crippen molar-refractivity contribution in [2.24, 2.45) is 11.7 Å². The van der Waals surface area contributed by atoms with Gasteiger partial charge in [-0.2, -0.15) is 0 Å². The van der Waals surface area contributed by atoms with Gasteiger partial charge in [0.25, 0.3) is 0 Å². The zero-order chi connectivity index (χ0) is 12.3. The van der Waals surface area contributed by atoms with E-state index < -0.39 is 15.6 Å². The predicted molar refractivity (Wildman–Crippen MR) is 62.7 cm³/mol. The molecule has 1 heterocycles. The van der Waals surface area contributed by atoms with Gasteiger partial charge in [0.2, 0.25) is 5.91 Å². The summed E-state index contributed by atoms with van der Waals surface area (Å²) in [6.07, 6.45) is 3.00. The molecule has 0 spiro atoms. The molecule has 5 nitrogen and oxygen atoms in total. The highest BCUT2D eigenvalue weighted by molar-refractivity contribution is 7.91. The number of likely N-dealkylation sites (tertiary alicyclic amines) is 1. The van der Waals surface area contributed by atoms with Crippen molar-refractivity contribution in [3.63, 3.8) is 0 Å². The number of piperidine rings is 1. The van der Waals surface area contributed by atoms with E-state index in [0.29, 0.717) is 19.0 Å². The number of nitrogens with two attached hydrogens (primary N) is 1. The van der Waals surface area contributed by atoms with Crippen LogP contribution in [0.3, 0.4) is 0 Å². The van der Waals surface area contributed by atoms with Crippen molar-refractivity contribution >= 4 is 15.7 Å². The molecule has 1 rings (SSSR count). The van der Waals surface area contributed by atoms with E-state index in [2.05, 4.69) is 0 Å². The lowest BCUT2D eigenvalue weighted by Crippen LogP contribution is -2.48. The van der Waals surface area contributed by atoms with Crippen LogP contribution in [0.4, 0.5) is 0 Å². The Labute approximate surface area is 96.9 Å². The Bertz CT molecular complexity index is 353. The normalized spacial score (nSPS) is 26.8. The average Bonchev–Trinajstić information content (AvgIpc) is 2.15. The van der Waals surface area contributed by atoms with Gasteiger partial charge in [0, 0.05) is 18.8 Å². The first-order valence-electron chi connectivity index (χ1n) is 5.50. The van der Waals surface area contributed by atoms with Crippen molar-refractivity contribution in [2.75, 3.05) is 25.1 Å². The Morgan fingerprint density at radius 3 is 2.56 bits per heavy atom. The molecule has 1 saturated heterocycles. The minimum Gasteiger partial charge on any atom is -0.339 e. The quantitative estimate of drug-likeness (QED) is 0.738. The van der Waals surface area contributed by atoms with Crippen LogP contribution in [0.5, 0.6) is 0 Å². The van der Waals surface area contributed by atoms with E-state index in [9.17, 15) is 13.2 Å². The maximum atomic E-state index is 11.8. The molecule has 2 N–H and O–H groups in total. The van der Waals surface area contributed by atoms with Crippen LogP contribution in [-0.2, 0) is 14.6 Å². The summed E-state index contributed by atoms with van der Waals surface area (Å²) < 4.78 is 22.1. The minimum atomic E-state index is -3.24. The first-order chi connectivity index (χ1) is 7.33. The molecule has 2 unspecified atom stereocenters. The SMILES string of the molecule is CC1CCC(CN)CN1C(=O)CS(C)(=O)=O. The summed E-state index contributed by atoms with van der Waals surface area (Å²) in [6, 6.07) is 0.122. The number of carbonyl (C=O) groups is 1. The predicted octanol–water partition coefficient (Wildman–Crippen LogP) is -0.383. The van der Waals surface area contributed by atoms with E-state index in [1.165, 1.54) is 0 Å². The lowest BCUT2D eigenvalue weighted by Gasteiger charge is -2.37. The molecule has 0 bridgehead atoms. The molecule has 0 aromatic heterocycles. The van der Waals surface area contributed by atoms with Gasteiger partial charge < -0.3 is 10.6 Å². The van der Waals surface area contributed by atoms with Gasteiger partial charge in [-0.25, -0.2) is 8.42 Å². The molecule has 1 aliphatic heterocycles. The molecule has 0 aromatic rings. The van der Waals surface area contributed by atoms with Crippen molar-refractivity contribution in [2.45, 2.75) is 25.8 Å². The molecular weight excluding hydrogens is 228 g/mol. The van der Waals surface area contributed by atoms with Crippen molar-refractivity contribution < 1.29 is 13.2 Å². The second-order valence-electron chi connectivity index (χ2n) is 4.64. The molecule has 2 atom stereocenters. The molecule has 0 saturated carbocycles. The number of hydrogen-bond donors (Lipinski definition) is 1. The van der Waals surface area contributed by atoms with Gasteiger partial charge in [0.05, 0.1) is 0 Å². The highest BCUT2D eigenvalue weighted by Crippen LogP contribution is 2.21. The van der Waals surface area contributed by atoms with Crippen LogP contribution in [0.25, 0.3) is 0 Å². The third-order valence-corrected chi connectivity index (χ3v) is 3.79. The molecule has 0 aliphatic carbocycles. The number of hydrogen-bond acceptors (Lipinski definition) is 4. The summed E-state index contributed by atoms with van der Waals surface area (Å²) >= 11 is 0. The largest absolute Gasteiger partial charge is 0.339 e. The number of rotatable bonds is 3. The number of carbonyl (C=O) groups excluding carboxylic acids is 1. The molecule has 0 aromatic carbocycles. The zero-order valence-corrected chi connectivity index (χ0v) is 10.7. The minimum absolute atomic E-state index is 0.122. The lowest BCUT2D eigenvalue weighted by atomic mass is 9.93. The smallest absolute Gasteiger partial charge is 0.238 e. The second kappa shape index (κ2) is 5.14. The van der Waals surface area contributed by atoms with Crippen LogP contribution in [0.2, 0.25) is 0 Å². The molecule has 6 heteroatoms. The van der Waals surface area contributed by atoms with E-state index in [-0.39, 0.29) is 11.9 Å². The summed E-state index contributed by atoms with van der Waals surface area (Å²) in [5, 5.41) is 0. The van der Waals surface area contributed by atoms with Gasteiger partial charge in [0.1, 0.15) is 5.75 Å². The van der Waals surface area contributed by atoms with E-state index in [1.54, 1.807) is 4.90 Å². The third kappa shape index (κ3) is 3.75. The summed E-state index contributed by atoms with van der Waals surface area (Å²) in [6.45, 7) is 3.09. The van der Waals surface area contributed by atoms with Crippen molar-refractivity contribution in [1.82, 2.24) is 4.90 Å². The van der Waals surface area contributed by atoms with E-state index in [4.69, 9.17) is 5.73 Å². The summed E-state index contributed by atoms with van der Waals surface area (Å²) in [5.41, 5.74) is 5.58. The Hall–Kier alpha value is -0.620. The van der Waals surface area contributed by atoms with Gasteiger partial charge in [-0.05, 0) is 32.2 Å². The number of nitrogens with zero attached hydrogens (tertiary/aromatic N) is 1. The molecule has 1 amide bonds. The molecule has 16 heavy (non-hydrogen) atoms. The second-order valence-corrected chi connectivity index (χ2v) is 6.78. The van der Waals surface area contributed by atoms with Crippen LogP contribution in [0.15, 0.2) is 0 Å². The molecular formula is C10H20N2O3S. The van der Waals surface area contributed by atoms with Crippen LogP contribution in [0.1, 0.15) is 19.8 Å². The Kier molecular flexibility index (Phi) is 4.32. The zero-order valence-electron chi connectivity index (χ0n) is 9.85. The monoisotopic (exact) mass is 248 g/mol. The van der Waals surface area contributed by atoms with Crippen LogP contribution >= 0.6 is 0 Å². The molecule has 1 fully saturated rings. The molecule has 0 radical (unpaired) electrons.